The highest BCUT2D eigenvalue weighted by Crippen LogP contribution is 2.63. The van der Waals surface area contributed by atoms with Gasteiger partial charge in [0.1, 0.15) is 0 Å². The first kappa shape index (κ1) is 10.9. The van der Waals surface area contributed by atoms with Gasteiger partial charge in [-0.15, -0.1) is 0 Å². The van der Waals surface area contributed by atoms with Gasteiger partial charge in [-0.05, 0) is 37.0 Å². The number of carbonyl (C=O) groups is 1. The van der Waals surface area contributed by atoms with Crippen LogP contribution in [0.5, 0.6) is 0 Å². The Hall–Kier alpha value is -0.570. The van der Waals surface area contributed by atoms with Gasteiger partial charge in [0, 0.05) is 5.54 Å². The monoisotopic (exact) mass is 211 g/mol. The molecule has 4 atom stereocenters. The number of esters is 1. The summed E-state index contributed by atoms with van der Waals surface area (Å²) in [6.45, 7) is 6.55. The van der Waals surface area contributed by atoms with Crippen LogP contribution >= 0.6 is 0 Å². The predicted octanol–water partition coefficient (Wildman–Crippen LogP) is 1.56. The van der Waals surface area contributed by atoms with Crippen LogP contribution in [0.3, 0.4) is 0 Å². The Balaban J connectivity index is 2.24. The molecule has 0 spiro atoms. The first-order chi connectivity index (χ1) is 6.81. The van der Waals surface area contributed by atoms with E-state index < -0.39 is 5.54 Å². The topological polar surface area (TPSA) is 52.3 Å². The van der Waals surface area contributed by atoms with Crippen LogP contribution in [0, 0.1) is 23.2 Å². The molecule has 15 heavy (non-hydrogen) atoms. The summed E-state index contributed by atoms with van der Waals surface area (Å²) in [5.41, 5.74) is 6.26. The van der Waals surface area contributed by atoms with Gasteiger partial charge in [0.25, 0.3) is 0 Å². The molecule has 3 heteroatoms. The van der Waals surface area contributed by atoms with E-state index in [4.69, 9.17) is 10.5 Å². The van der Waals surface area contributed by atoms with Gasteiger partial charge in [-0.1, -0.05) is 13.8 Å². The number of fused-ring (bicyclic) bond motifs is 2. The Bertz CT molecular complexity index is 296. The smallest absolute Gasteiger partial charge is 0.310 e. The zero-order valence-electron chi connectivity index (χ0n) is 10.0. The fourth-order valence-electron chi connectivity index (χ4n) is 3.75. The quantitative estimate of drug-likeness (QED) is 0.670. The van der Waals surface area contributed by atoms with Crippen molar-refractivity contribution in [2.24, 2.45) is 28.9 Å². The standard InChI is InChI=1S/C12H21NO2/c1-11(2)7-5-8(10(14)15-4)12(3,13)9(11)6-7/h7-9H,5-6,13H2,1-4H3/t7?,8?,9?,12-/m0/s1. The Morgan fingerprint density at radius 1 is 1.33 bits per heavy atom. The lowest BCUT2D eigenvalue weighted by molar-refractivity contribution is -0.175. The van der Waals surface area contributed by atoms with Crippen molar-refractivity contribution in [3.63, 3.8) is 0 Å². The molecule has 0 aliphatic heterocycles. The van der Waals surface area contributed by atoms with Crippen LogP contribution in [0.4, 0.5) is 0 Å². The van der Waals surface area contributed by atoms with E-state index in [0.29, 0.717) is 17.3 Å². The Labute approximate surface area is 91.4 Å². The van der Waals surface area contributed by atoms with Gasteiger partial charge < -0.3 is 10.5 Å². The van der Waals surface area contributed by atoms with Gasteiger partial charge in [0.2, 0.25) is 0 Å². The number of nitrogens with two attached hydrogens (primary N) is 1. The molecule has 0 saturated heterocycles. The number of rotatable bonds is 1. The summed E-state index contributed by atoms with van der Waals surface area (Å²) in [4.78, 5) is 11.7. The predicted molar refractivity (Wildman–Crippen MR) is 58.1 cm³/mol. The molecule has 0 radical (unpaired) electrons. The van der Waals surface area contributed by atoms with Crippen LogP contribution in [-0.4, -0.2) is 18.6 Å². The minimum Gasteiger partial charge on any atom is -0.469 e. The van der Waals surface area contributed by atoms with Crippen molar-refractivity contribution in [2.45, 2.75) is 39.2 Å². The number of ether oxygens (including phenoxy) is 1. The number of carbonyl (C=O) groups excluding carboxylic acids is 1. The second-order valence-corrected chi connectivity index (χ2v) is 5.98. The van der Waals surface area contributed by atoms with Crippen LogP contribution in [-0.2, 0) is 9.53 Å². The SMILES string of the molecule is COC(=O)C1CC2CC(C2(C)C)[C@@]1(C)N. The van der Waals surface area contributed by atoms with Crippen LogP contribution in [0.1, 0.15) is 33.6 Å². The summed E-state index contributed by atoms with van der Waals surface area (Å²) < 4.78 is 4.84. The third kappa shape index (κ3) is 1.25. The molecule has 3 fully saturated rings. The van der Waals surface area contributed by atoms with Gasteiger partial charge >= 0.3 is 5.97 Å². The average Bonchev–Trinajstić information content (AvgIpc) is 2.14. The van der Waals surface area contributed by atoms with Gasteiger partial charge in [-0.2, -0.15) is 0 Å². The average molecular weight is 211 g/mol. The number of hydrogen-bond donors (Lipinski definition) is 1. The van der Waals surface area contributed by atoms with Crippen LogP contribution in [0.2, 0.25) is 0 Å². The second-order valence-electron chi connectivity index (χ2n) is 5.98. The minimum atomic E-state index is -0.397. The molecule has 3 unspecified atom stereocenters. The summed E-state index contributed by atoms with van der Waals surface area (Å²) in [6.07, 6.45) is 2.07. The number of hydrogen-bond acceptors (Lipinski definition) is 3. The van der Waals surface area contributed by atoms with Gasteiger partial charge in [-0.25, -0.2) is 0 Å². The molecule has 3 saturated carbocycles. The van der Waals surface area contributed by atoms with Gasteiger partial charge in [-0.3, -0.25) is 4.79 Å². The Morgan fingerprint density at radius 2 is 1.93 bits per heavy atom. The van der Waals surface area contributed by atoms with Crippen molar-refractivity contribution in [2.75, 3.05) is 7.11 Å². The lowest BCUT2D eigenvalue weighted by atomic mass is 9.41. The molecule has 0 amide bonds. The summed E-state index contributed by atoms with van der Waals surface area (Å²) >= 11 is 0. The molecule has 3 aliphatic carbocycles. The van der Waals surface area contributed by atoms with Crippen LogP contribution < -0.4 is 5.73 Å². The third-order valence-corrected chi connectivity index (χ3v) is 4.98. The Morgan fingerprint density at radius 3 is 2.33 bits per heavy atom. The molecule has 2 bridgehead atoms. The van der Waals surface area contributed by atoms with E-state index in [2.05, 4.69) is 13.8 Å². The molecular formula is C12H21NO2. The fourth-order valence-corrected chi connectivity index (χ4v) is 3.75. The molecule has 3 aliphatic rings. The highest BCUT2D eigenvalue weighted by atomic mass is 16.5. The Kier molecular flexibility index (Phi) is 2.16. The molecule has 3 nitrogen and oxygen atoms in total. The highest BCUT2D eigenvalue weighted by molar-refractivity contribution is 5.74. The zero-order valence-corrected chi connectivity index (χ0v) is 10.0. The van der Waals surface area contributed by atoms with Crippen molar-refractivity contribution in [1.82, 2.24) is 0 Å². The molecular weight excluding hydrogens is 190 g/mol. The molecule has 0 aromatic rings. The summed E-state index contributed by atoms with van der Waals surface area (Å²) in [5, 5.41) is 0. The summed E-state index contributed by atoms with van der Waals surface area (Å²) in [6, 6.07) is 0. The third-order valence-electron chi connectivity index (χ3n) is 4.98. The molecule has 3 rings (SSSR count). The van der Waals surface area contributed by atoms with Crippen LogP contribution in [0.15, 0.2) is 0 Å². The van der Waals surface area contributed by atoms with Crippen molar-refractivity contribution < 1.29 is 9.53 Å². The minimum absolute atomic E-state index is 0.112. The lowest BCUT2D eigenvalue weighted by Crippen LogP contribution is -2.69. The van der Waals surface area contributed by atoms with E-state index in [9.17, 15) is 4.79 Å². The summed E-state index contributed by atoms with van der Waals surface area (Å²) in [7, 11) is 1.45. The van der Waals surface area contributed by atoms with E-state index >= 15 is 0 Å². The van der Waals surface area contributed by atoms with E-state index in [-0.39, 0.29) is 11.9 Å². The van der Waals surface area contributed by atoms with E-state index in [1.54, 1.807) is 0 Å². The van der Waals surface area contributed by atoms with Crippen molar-refractivity contribution in [3.05, 3.63) is 0 Å². The molecule has 2 N–H and O–H groups in total. The second kappa shape index (κ2) is 2.97. The van der Waals surface area contributed by atoms with Crippen molar-refractivity contribution in [3.8, 4) is 0 Å². The fraction of sp³-hybridized carbons (Fsp3) is 0.917. The normalized spacial score (nSPS) is 46.9. The van der Waals surface area contributed by atoms with E-state index in [0.717, 1.165) is 6.42 Å². The maximum absolute atomic E-state index is 11.7. The first-order valence-electron chi connectivity index (χ1n) is 5.68. The van der Waals surface area contributed by atoms with Crippen molar-refractivity contribution >= 4 is 5.97 Å². The van der Waals surface area contributed by atoms with Gasteiger partial charge in [0.15, 0.2) is 0 Å². The molecule has 0 heterocycles. The molecule has 0 aromatic heterocycles. The lowest BCUT2D eigenvalue weighted by Gasteiger charge is -2.65. The highest BCUT2D eigenvalue weighted by Gasteiger charge is 2.63. The molecule has 86 valence electrons. The van der Waals surface area contributed by atoms with Crippen molar-refractivity contribution in [1.29, 1.82) is 0 Å². The van der Waals surface area contributed by atoms with E-state index in [1.165, 1.54) is 13.5 Å². The first-order valence-corrected chi connectivity index (χ1v) is 5.68. The maximum atomic E-state index is 11.7. The van der Waals surface area contributed by atoms with Gasteiger partial charge in [0.05, 0.1) is 13.0 Å². The molecule has 0 aromatic carbocycles. The number of methoxy groups -OCH3 is 1. The zero-order chi connectivity index (χ0) is 11.4. The van der Waals surface area contributed by atoms with E-state index in [1.807, 2.05) is 6.92 Å². The summed E-state index contributed by atoms with van der Waals surface area (Å²) in [5.74, 6) is 0.848. The van der Waals surface area contributed by atoms with Crippen LogP contribution in [0.25, 0.3) is 0 Å². The largest absolute Gasteiger partial charge is 0.469 e. The maximum Gasteiger partial charge on any atom is 0.310 e.